The van der Waals surface area contributed by atoms with Gasteiger partial charge in [-0.3, -0.25) is 9.69 Å². The van der Waals surface area contributed by atoms with Crippen molar-refractivity contribution in [2.24, 2.45) is 11.7 Å². The minimum Gasteiger partial charge on any atom is -0.480 e. The first kappa shape index (κ1) is 20.3. The number of likely N-dealkylation sites (tertiary alicyclic amines) is 1. The molecule has 5 N–H and O–H groups in total. The Labute approximate surface area is 161 Å². The molecule has 0 radical (unpaired) electrons. The Balaban J connectivity index is 1.53. The molecular formula is C20H31BN2O4. The van der Waals surface area contributed by atoms with Crippen molar-refractivity contribution in [3.63, 3.8) is 0 Å². The molecule has 1 aliphatic heterocycles. The summed E-state index contributed by atoms with van der Waals surface area (Å²) < 4.78 is 0. The topological polar surface area (TPSA) is 107 Å². The minimum atomic E-state index is -1.33. The number of nitrogens with two attached hydrogens (primary N) is 1. The number of carboxylic acids is 1. The summed E-state index contributed by atoms with van der Waals surface area (Å²) in [6.07, 6.45) is 5.58. The van der Waals surface area contributed by atoms with Gasteiger partial charge in [-0.1, -0.05) is 37.1 Å². The van der Waals surface area contributed by atoms with Crippen LogP contribution in [0.5, 0.6) is 0 Å². The number of carbonyl (C=O) groups is 1. The van der Waals surface area contributed by atoms with Gasteiger partial charge in [0.1, 0.15) is 5.54 Å². The largest absolute Gasteiger partial charge is 0.480 e. The Kier molecular flexibility index (Phi) is 6.58. The second kappa shape index (κ2) is 8.73. The second-order valence-electron chi connectivity index (χ2n) is 8.21. The van der Waals surface area contributed by atoms with E-state index in [1.165, 1.54) is 11.1 Å². The van der Waals surface area contributed by atoms with Gasteiger partial charge in [0, 0.05) is 6.04 Å². The molecule has 1 fully saturated rings. The Morgan fingerprint density at radius 1 is 1.15 bits per heavy atom. The Morgan fingerprint density at radius 2 is 1.74 bits per heavy atom. The van der Waals surface area contributed by atoms with Crippen LogP contribution in [0, 0.1) is 5.92 Å². The molecule has 27 heavy (non-hydrogen) atoms. The number of hydrogen-bond acceptors (Lipinski definition) is 5. The number of rotatable bonds is 8. The lowest BCUT2D eigenvalue weighted by molar-refractivity contribution is -0.147. The zero-order chi connectivity index (χ0) is 19.4. The summed E-state index contributed by atoms with van der Waals surface area (Å²) in [6, 6.07) is 9.13. The molecule has 148 valence electrons. The van der Waals surface area contributed by atoms with Crippen molar-refractivity contribution in [1.29, 1.82) is 0 Å². The van der Waals surface area contributed by atoms with Crippen LogP contribution in [0.1, 0.15) is 43.2 Å². The van der Waals surface area contributed by atoms with Crippen LogP contribution in [0.25, 0.3) is 0 Å². The molecule has 1 saturated heterocycles. The first-order valence-corrected chi connectivity index (χ1v) is 10.1. The number of unbranched alkanes of at least 4 members (excludes halogenated alkanes) is 1. The second-order valence-corrected chi connectivity index (χ2v) is 8.21. The van der Waals surface area contributed by atoms with Gasteiger partial charge >= 0.3 is 13.1 Å². The fourth-order valence-electron chi connectivity index (χ4n) is 4.80. The van der Waals surface area contributed by atoms with Crippen LogP contribution < -0.4 is 5.73 Å². The number of nitrogens with zero attached hydrogens (tertiary/aromatic N) is 1. The molecule has 0 bridgehead atoms. The molecule has 0 amide bonds. The van der Waals surface area contributed by atoms with E-state index >= 15 is 0 Å². The highest BCUT2D eigenvalue weighted by Gasteiger charge is 2.43. The van der Waals surface area contributed by atoms with Gasteiger partial charge in [0.05, 0.1) is 0 Å². The van der Waals surface area contributed by atoms with Gasteiger partial charge in [-0.25, -0.2) is 0 Å². The van der Waals surface area contributed by atoms with Gasteiger partial charge in [-0.2, -0.15) is 0 Å². The van der Waals surface area contributed by atoms with E-state index in [1.807, 2.05) is 0 Å². The van der Waals surface area contributed by atoms with Gasteiger partial charge in [0.2, 0.25) is 0 Å². The summed E-state index contributed by atoms with van der Waals surface area (Å²) in [5.74, 6) is -0.965. The third-order valence-electron chi connectivity index (χ3n) is 6.50. The average Bonchev–Trinajstić information content (AvgIpc) is 3.09. The maximum Gasteiger partial charge on any atom is 0.451 e. The van der Waals surface area contributed by atoms with Crippen molar-refractivity contribution in [3.8, 4) is 0 Å². The van der Waals surface area contributed by atoms with Crippen molar-refractivity contribution in [1.82, 2.24) is 4.90 Å². The maximum absolute atomic E-state index is 11.9. The van der Waals surface area contributed by atoms with E-state index in [-0.39, 0.29) is 12.2 Å². The molecule has 0 aromatic heterocycles. The molecular weight excluding hydrogens is 343 g/mol. The standard InChI is InChI=1S/C20H31BN2O4/c22-20(19(24)25,9-3-4-10-21(26)27)17-7-11-23(12-8-17)18-13-15-5-1-2-6-16(15)14-18/h1-2,5-6,17-18,26-27H,3-4,7-14,22H2,(H,24,25). The molecule has 1 heterocycles. The highest BCUT2D eigenvalue weighted by atomic mass is 16.4. The highest BCUT2D eigenvalue weighted by molar-refractivity contribution is 6.40. The van der Waals surface area contributed by atoms with Crippen molar-refractivity contribution in [3.05, 3.63) is 35.4 Å². The number of fused-ring (bicyclic) bond motifs is 1. The van der Waals surface area contributed by atoms with E-state index in [9.17, 15) is 9.90 Å². The van der Waals surface area contributed by atoms with E-state index in [4.69, 9.17) is 15.8 Å². The van der Waals surface area contributed by atoms with E-state index in [1.54, 1.807) is 0 Å². The number of benzene rings is 1. The van der Waals surface area contributed by atoms with Gasteiger partial charge in [-0.15, -0.1) is 0 Å². The quantitative estimate of drug-likeness (QED) is 0.404. The summed E-state index contributed by atoms with van der Waals surface area (Å²) in [4.78, 5) is 14.4. The van der Waals surface area contributed by atoms with Crippen molar-refractivity contribution in [2.75, 3.05) is 13.1 Å². The summed E-state index contributed by atoms with van der Waals surface area (Å²) in [5.41, 5.74) is 8.02. The first-order valence-electron chi connectivity index (χ1n) is 10.1. The summed E-state index contributed by atoms with van der Waals surface area (Å²) >= 11 is 0. The van der Waals surface area contributed by atoms with Gasteiger partial charge in [0.15, 0.2) is 0 Å². The van der Waals surface area contributed by atoms with Crippen molar-refractivity contribution >= 4 is 13.1 Å². The number of hydrogen-bond donors (Lipinski definition) is 4. The Hall–Kier alpha value is -1.41. The monoisotopic (exact) mass is 374 g/mol. The average molecular weight is 374 g/mol. The lowest BCUT2D eigenvalue weighted by atomic mass is 9.74. The van der Waals surface area contributed by atoms with E-state index < -0.39 is 18.6 Å². The molecule has 7 heteroatoms. The van der Waals surface area contributed by atoms with Crippen molar-refractivity contribution in [2.45, 2.75) is 62.8 Å². The van der Waals surface area contributed by atoms with Gasteiger partial charge in [0.25, 0.3) is 0 Å². The zero-order valence-electron chi connectivity index (χ0n) is 15.9. The molecule has 1 aromatic rings. The molecule has 0 spiro atoms. The fraction of sp³-hybridized carbons (Fsp3) is 0.650. The minimum absolute atomic E-state index is 0.0333. The molecule has 1 aromatic carbocycles. The number of carboxylic acid groups (broad SMARTS) is 1. The number of aliphatic carboxylic acids is 1. The summed E-state index contributed by atoms with van der Waals surface area (Å²) in [5, 5.41) is 27.6. The van der Waals surface area contributed by atoms with Gasteiger partial charge < -0.3 is 20.9 Å². The maximum atomic E-state index is 11.9. The normalized spacial score (nSPS) is 21.0. The SMILES string of the molecule is NC(CCCCB(O)O)(C(=O)O)C1CCN(C2Cc3ccccc3C2)CC1. The van der Waals surface area contributed by atoms with E-state index in [0.717, 1.165) is 38.8 Å². The van der Waals surface area contributed by atoms with Crippen molar-refractivity contribution < 1.29 is 19.9 Å². The smallest absolute Gasteiger partial charge is 0.451 e. The van der Waals surface area contributed by atoms with E-state index in [0.29, 0.717) is 25.3 Å². The van der Waals surface area contributed by atoms with Crippen LogP contribution in [-0.2, 0) is 17.6 Å². The zero-order valence-corrected chi connectivity index (χ0v) is 15.9. The van der Waals surface area contributed by atoms with Crippen LogP contribution in [0.15, 0.2) is 24.3 Å². The predicted octanol–water partition coefficient (Wildman–Crippen LogP) is 1.29. The lowest BCUT2D eigenvalue weighted by Crippen LogP contribution is -2.57. The molecule has 1 unspecified atom stereocenters. The van der Waals surface area contributed by atoms with Crippen LogP contribution in [-0.4, -0.2) is 57.8 Å². The fourth-order valence-corrected chi connectivity index (χ4v) is 4.80. The van der Waals surface area contributed by atoms with Gasteiger partial charge in [-0.05, 0) is 68.6 Å². The van der Waals surface area contributed by atoms with E-state index in [2.05, 4.69) is 29.2 Å². The first-order chi connectivity index (χ1) is 12.9. The summed E-state index contributed by atoms with van der Waals surface area (Å²) in [6.45, 7) is 1.79. The number of piperidine rings is 1. The summed E-state index contributed by atoms with van der Waals surface area (Å²) in [7, 11) is -1.33. The lowest BCUT2D eigenvalue weighted by Gasteiger charge is -2.42. The molecule has 0 saturated carbocycles. The molecule has 3 rings (SSSR count). The molecule has 2 aliphatic rings. The van der Waals surface area contributed by atoms with Crippen LogP contribution in [0.2, 0.25) is 6.32 Å². The van der Waals surface area contributed by atoms with Crippen LogP contribution in [0.4, 0.5) is 0 Å². The third kappa shape index (κ3) is 4.72. The molecule has 1 atom stereocenters. The van der Waals surface area contributed by atoms with Crippen LogP contribution in [0.3, 0.4) is 0 Å². The van der Waals surface area contributed by atoms with Crippen LogP contribution >= 0.6 is 0 Å². The Morgan fingerprint density at radius 3 is 2.26 bits per heavy atom. The molecule has 6 nitrogen and oxygen atoms in total. The Bertz CT molecular complexity index is 624. The highest BCUT2D eigenvalue weighted by Crippen LogP contribution is 2.34. The third-order valence-corrected chi connectivity index (χ3v) is 6.50. The molecule has 1 aliphatic carbocycles. The predicted molar refractivity (Wildman–Crippen MR) is 105 cm³/mol.